The third kappa shape index (κ3) is 2.17. The summed E-state index contributed by atoms with van der Waals surface area (Å²) in [5, 5.41) is 9.97. The van der Waals surface area contributed by atoms with Crippen LogP contribution in [-0.2, 0) is 4.79 Å². The van der Waals surface area contributed by atoms with E-state index in [0.29, 0.717) is 25.7 Å². The molecule has 4 nitrogen and oxygen atoms in total. The molecule has 0 bridgehead atoms. The van der Waals surface area contributed by atoms with Crippen molar-refractivity contribution in [2.24, 2.45) is 5.92 Å². The topological polar surface area (TPSA) is 60.2 Å². The number of hydrogen-bond acceptors (Lipinski definition) is 3. The van der Waals surface area contributed by atoms with Gasteiger partial charge in [-0.1, -0.05) is 0 Å². The maximum atomic E-state index is 10.7. The molecule has 1 aliphatic carbocycles. The molecule has 0 amide bonds. The average Bonchev–Trinajstić information content (AvgIpc) is 2.04. The van der Waals surface area contributed by atoms with Crippen molar-refractivity contribution in [3.8, 4) is 0 Å². The minimum atomic E-state index is -0.461. The van der Waals surface area contributed by atoms with Crippen molar-refractivity contribution in [3.63, 3.8) is 0 Å². The second-order valence-electron chi connectivity index (χ2n) is 3.09. The van der Waals surface area contributed by atoms with Crippen LogP contribution in [-0.4, -0.2) is 16.2 Å². The first kappa shape index (κ1) is 9.45. The van der Waals surface area contributed by atoms with Gasteiger partial charge in [-0.05, 0) is 24.4 Å². The summed E-state index contributed by atoms with van der Waals surface area (Å²) in [6.07, 6.45) is 2.09. The molecule has 0 spiro atoms. The number of halogens is 1. The number of carbonyl (C=O) groups excluding carboxylic acids is 1. The molecule has 1 fully saturated rings. The summed E-state index contributed by atoms with van der Waals surface area (Å²) < 4.78 is 0. The third-order valence-corrected chi connectivity index (χ3v) is 2.62. The number of nitrogens with zero attached hydrogens (tertiary/aromatic N) is 1. The second-order valence-corrected chi connectivity index (χ2v) is 3.47. The zero-order valence-corrected chi connectivity index (χ0v) is 7.29. The van der Waals surface area contributed by atoms with Gasteiger partial charge in [0.05, 0.1) is 0 Å². The van der Waals surface area contributed by atoms with Crippen LogP contribution in [0.4, 0.5) is 0 Å². The monoisotopic (exact) mass is 191 g/mol. The summed E-state index contributed by atoms with van der Waals surface area (Å²) in [5.74, 6) is -0.150. The van der Waals surface area contributed by atoms with E-state index in [1.54, 1.807) is 0 Å². The molecule has 1 saturated carbocycles. The number of rotatable bonds is 2. The largest absolute Gasteiger partial charge is 0.281 e. The van der Waals surface area contributed by atoms with E-state index in [1.165, 1.54) is 0 Å². The minimum absolute atomic E-state index is 0.150. The van der Waals surface area contributed by atoms with Crippen molar-refractivity contribution >= 4 is 16.8 Å². The van der Waals surface area contributed by atoms with E-state index >= 15 is 0 Å². The van der Waals surface area contributed by atoms with Gasteiger partial charge in [0.15, 0.2) is 0 Å². The molecule has 68 valence electrons. The maximum Gasteiger partial charge on any atom is 0.224 e. The number of carbonyl (C=O) groups is 1. The highest BCUT2D eigenvalue weighted by Crippen LogP contribution is 2.27. The Bertz CT molecular complexity index is 177. The first-order valence-electron chi connectivity index (χ1n) is 3.94. The van der Waals surface area contributed by atoms with Crippen LogP contribution in [0, 0.1) is 16.0 Å². The Morgan fingerprint density at radius 2 is 1.83 bits per heavy atom. The summed E-state index contributed by atoms with van der Waals surface area (Å²) in [6, 6.07) is -0.461. The van der Waals surface area contributed by atoms with Gasteiger partial charge in [-0.3, -0.25) is 14.9 Å². The van der Waals surface area contributed by atoms with Crippen molar-refractivity contribution in [1.29, 1.82) is 0 Å². The third-order valence-electron chi connectivity index (χ3n) is 2.32. The molecule has 0 N–H and O–H groups in total. The van der Waals surface area contributed by atoms with Crippen LogP contribution in [0.25, 0.3) is 0 Å². The molecule has 0 aromatic rings. The highest BCUT2D eigenvalue weighted by Gasteiger charge is 2.30. The lowest BCUT2D eigenvalue weighted by atomic mass is 9.87. The first-order valence-corrected chi connectivity index (χ1v) is 4.32. The molecular formula is C7H10ClNO3. The van der Waals surface area contributed by atoms with Gasteiger partial charge in [-0.15, -0.1) is 0 Å². The quantitative estimate of drug-likeness (QED) is 0.378. The lowest BCUT2D eigenvalue weighted by Crippen LogP contribution is -2.27. The Balaban J connectivity index is 2.39. The standard InChI is InChI=1S/C7H10ClNO3/c8-7(10)5-1-3-6(4-2-5)9(11)12/h5-6H,1-4H2. The van der Waals surface area contributed by atoms with Crippen molar-refractivity contribution in [2.75, 3.05) is 0 Å². The predicted molar refractivity (Wildman–Crippen MR) is 43.6 cm³/mol. The first-order chi connectivity index (χ1) is 5.61. The van der Waals surface area contributed by atoms with Gasteiger partial charge in [-0.2, -0.15) is 0 Å². The fourth-order valence-corrected chi connectivity index (χ4v) is 1.73. The van der Waals surface area contributed by atoms with Gasteiger partial charge in [0, 0.05) is 23.7 Å². The Morgan fingerprint density at radius 1 is 1.33 bits per heavy atom. The fourth-order valence-electron chi connectivity index (χ4n) is 1.51. The van der Waals surface area contributed by atoms with Crippen molar-refractivity contribution < 1.29 is 9.72 Å². The molecule has 5 heteroatoms. The SMILES string of the molecule is O=C(Cl)C1CCC([N+](=O)[O-])CC1. The second kappa shape index (κ2) is 3.85. The van der Waals surface area contributed by atoms with Gasteiger partial charge < -0.3 is 0 Å². The highest BCUT2D eigenvalue weighted by molar-refractivity contribution is 6.63. The van der Waals surface area contributed by atoms with Crippen LogP contribution < -0.4 is 0 Å². The highest BCUT2D eigenvalue weighted by atomic mass is 35.5. The van der Waals surface area contributed by atoms with Crippen molar-refractivity contribution in [2.45, 2.75) is 31.7 Å². The predicted octanol–water partition coefficient (Wildman–Crippen LogP) is 1.59. The Hall–Kier alpha value is -0.640. The molecular weight excluding hydrogens is 182 g/mol. The van der Waals surface area contributed by atoms with Crippen LogP contribution in [0.15, 0.2) is 0 Å². The summed E-state index contributed by atoms with van der Waals surface area (Å²) in [4.78, 5) is 20.7. The van der Waals surface area contributed by atoms with E-state index in [-0.39, 0.29) is 16.1 Å². The lowest BCUT2D eigenvalue weighted by molar-refractivity contribution is -0.526. The van der Waals surface area contributed by atoms with Crippen LogP contribution in [0.1, 0.15) is 25.7 Å². The molecule has 0 heterocycles. The van der Waals surface area contributed by atoms with E-state index in [0.717, 1.165) is 0 Å². The summed E-state index contributed by atoms with van der Waals surface area (Å²) in [7, 11) is 0. The van der Waals surface area contributed by atoms with Gasteiger partial charge in [0.25, 0.3) is 0 Å². The number of nitro groups is 1. The smallest absolute Gasteiger partial charge is 0.224 e. The van der Waals surface area contributed by atoms with Gasteiger partial charge in [-0.25, -0.2) is 0 Å². The normalized spacial score (nSPS) is 29.8. The summed E-state index contributed by atoms with van der Waals surface area (Å²) in [6.45, 7) is 0. The van der Waals surface area contributed by atoms with E-state index in [2.05, 4.69) is 0 Å². The van der Waals surface area contributed by atoms with Gasteiger partial charge >= 0.3 is 0 Å². The Morgan fingerprint density at radius 3 is 2.17 bits per heavy atom. The van der Waals surface area contributed by atoms with Crippen LogP contribution in [0.5, 0.6) is 0 Å². The average molecular weight is 192 g/mol. The molecule has 0 radical (unpaired) electrons. The molecule has 0 aliphatic heterocycles. The fraction of sp³-hybridized carbons (Fsp3) is 0.857. The molecule has 1 rings (SSSR count). The zero-order valence-electron chi connectivity index (χ0n) is 6.53. The minimum Gasteiger partial charge on any atom is -0.281 e. The van der Waals surface area contributed by atoms with Gasteiger partial charge in [0.2, 0.25) is 11.3 Å². The molecule has 0 aromatic heterocycles. The van der Waals surface area contributed by atoms with Gasteiger partial charge in [0.1, 0.15) is 0 Å². The summed E-state index contributed by atoms with van der Waals surface area (Å²) >= 11 is 5.28. The maximum absolute atomic E-state index is 10.7. The molecule has 0 saturated heterocycles. The molecule has 1 aliphatic rings. The lowest BCUT2D eigenvalue weighted by Gasteiger charge is -2.20. The van der Waals surface area contributed by atoms with E-state index in [4.69, 9.17) is 11.6 Å². The van der Waals surface area contributed by atoms with Crippen LogP contribution >= 0.6 is 11.6 Å². The zero-order chi connectivity index (χ0) is 9.14. The van der Waals surface area contributed by atoms with E-state index in [1.807, 2.05) is 0 Å². The van der Waals surface area contributed by atoms with Crippen molar-refractivity contribution in [3.05, 3.63) is 10.1 Å². The summed E-state index contributed by atoms with van der Waals surface area (Å²) in [5.41, 5.74) is 0. The molecule has 0 aromatic carbocycles. The van der Waals surface area contributed by atoms with E-state index < -0.39 is 6.04 Å². The Labute approximate surface area is 75.0 Å². The molecule has 12 heavy (non-hydrogen) atoms. The van der Waals surface area contributed by atoms with Crippen LogP contribution in [0.3, 0.4) is 0 Å². The molecule has 0 atom stereocenters. The molecule has 0 unspecified atom stereocenters. The van der Waals surface area contributed by atoms with E-state index in [9.17, 15) is 14.9 Å². The van der Waals surface area contributed by atoms with Crippen LogP contribution in [0.2, 0.25) is 0 Å². The number of hydrogen-bond donors (Lipinski definition) is 0. The van der Waals surface area contributed by atoms with Crippen molar-refractivity contribution in [1.82, 2.24) is 0 Å². The Kier molecular flexibility index (Phi) is 3.03.